The van der Waals surface area contributed by atoms with Gasteiger partial charge in [0, 0.05) is 25.5 Å². The van der Waals surface area contributed by atoms with Gasteiger partial charge in [-0.15, -0.1) is 0 Å². The zero-order valence-electron chi connectivity index (χ0n) is 20.1. The zero-order chi connectivity index (χ0) is 24.1. The Bertz CT molecular complexity index is 961. The molecule has 1 aliphatic rings. The van der Waals surface area contributed by atoms with E-state index in [1.165, 1.54) is 0 Å². The van der Waals surface area contributed by atoms with Crippen molar-refractivity contribution in [2.24, 2.45) is 0 Å². The van der Waals surface area contributed by atoms with E-state index in [1.54, 1.807) is 24.2 Å². The smallest absolute Gasteiger partial charge is 0.410 e. The van der Waals surface area contributed by atoms with Crippen LogP contribution in [0.25, 0.3) is 11.3 Å². The number of amides is 1. The maximum atomic E-state index is 13.1. The third-order valence-electron chi connectivity index (χ3n) is 5.58. The average Bonchev–Trinajstić information content (AvgIpc) is 2.79. The zero-order valence-corrected chi connectivity index (χ0v) is 20.1. The van der Waals surface area contributed by atoms with Gasteiger partial charge in [0.05, 0.1) is 29.9 Å². The molecule has 8 nitrogen and oxygen atoms in total. The van der Waals surface area contributed by atoms with Crippen molar-refractivity contribution in [2.75, 3.05) is 26.3 Å². The maximum Gasteiger partial charge on any atom is 0.410 e. The van der Waals surface area contributed by atoms with Crippen LogP contribution in [0.15, 0.2) is 36.7 Å². The molecule has 0 atom stereocenters. The predicted octanol–water partition coefficient (Wildman–Crippen LogP) is 4.37. The van der Waals surface area contributed by atoms with E-state index in [4.69, 9.17) is 14.2 Å². The van der Waals surface area contributed by atoms with Crippen LogP contribution in [0.5, 0.6) is 5.88 Å². The lowest BCUT2D eigenvalue weighted by atomic mass is 9.73. The molecule has 3 heterocycles. The molecule has 3 rings (SSSR count). The quantitative estimate of drug-likeness (QED) is 0.597. The van der Waals surface area contributed by atoms with Crippen molar-refractivity contribution in [1.29, 1.82) is 0 Å². The molecule has 1 saturated heterocycles. The standard InChI is InChI=1S/C25H33N3O5/c1-6-31-21-19(9-8-14-26-21)20-11-10-18(17-27-20)25(22(29)32-7-2)12-15-28(16-13-25)23(30)33-24(3,4)5/h8-11,14,17H,6-7,12-13,15-16H2,1-5H3. The second-order valence-corrected chi connectivity index (χ2v) is 8.99. The van der Waals surface area contributed by atoms with Crippen LogP contribution < -0.4 is 4.74 Å². The molecular formula is C25H33N3O5. The monoisotopic (exact) mass is 455 g/mol. The van der Waals surface area contributed by atoms with E-state index in [0.717, 1.165) is 11.1 Å². The topological polar surface area (TPSA) is 90.9 Å². The second kappa shape index (κ2) is 10.2. The highest BCUT2D eigenvalue weighted by Gasteiger charge is 2.46. The second-order valence-electron chi connectivity index (χ2n) is 8.99. The van der Waals surface area contributed by atoms with E-state index in [9.17, 15) is 9.59 Å². The van der Waals surface area contributed by atoms with Crippen LogP contribution in [0.2, 0.25) is 0 Å². The minimum absolute atomic E-state index is 0.287. The fourth-order valence-electron chi connectivity index (χ4n) is 3.95. The van der Waals surface area contributed by atoms with Crippen molar-refractivity contribution in [3.8, 4) is 17.1 Å². The van der Waals surface area contributed by atoms with Crippen LogP contribution in [0.3, 0.4) is 0 Å². The molecule has 0 radical (unpaired) electrons. The number of aromatic nitrogens is 2. The first-order chi connectivity index (χ1) is 15.7. The van der Waals surface area contributed by atoms with Crippen molar-refractivity contribution < 1.29 is 23.8 Å². The van der Waals surface area contributed by atoms with Gasteiger partial charge >= 0.3 is 12.1 Å². The number of rotatable bonds is 6. The Labute approximate surface area is 195 Å². The van der Waals surface area contributed by atoms with Crippen LogP contribution in [0, 0.1) is 0 Å². The summed E-state index contributed by atoms with van der Waals surface area (Å²) in [6.07, 6.45) is 3.90. The van der Waals surface area contributed by atoms with Gasteiger partial charge in [0.15, 0.2) is 0 Å². The number of hydrogen-bond donors (Lipinski definition) is 0. The number of carbonyl (C=O) groups excluding carboxylic acids is 2. The van der Waals surface area contributed by atoms with E-state index in [0.29, 0.717) is 44.1 Å². The van der Waals surface area contributed by atoms with E-state index in [-0.39, 0.29) is 18.7 Å². The van der Waals surface area contributed by atoms with Crippen LogP contribution in [-0.2, 0) is 19.7 Å². The third-order valence-corrected chi connectivity index (χ3v) is 5.58. The Morgan fingerprint density at radius 1 is 1.06 bits per heavy atom. The molecule has 0 aromatic carbocycles. The van der Waals surface area contributed by atoms with Gasteiger partial charge in [-0.1, -0.05) is 6.07 Å². The molecule has 8 heteroatoms. The largest absolute Gasteiger partial charge is 0.477 e. The summed E-state index contributed by atoms with van der Waals surface area (Å²) in [5, 5.41) is 0. The lowest BCUT2D eigenvalue weighted by Crippen LogP contribution is -2.50. The number of ether oxygens (including phenoxy) is 3. The summed E-state index contributed by atoms with van der Waals surface area (Å²) in [6, 6.07) is 7.52. The lowest BCUT2D eigenvalue weighted by Gasteiger charge is -2.40. The number of nitrogens with zero attached hydrogens (tertiary/aromatic N) is 3. The molecule has 1 fully saturated rings. The number of esters is 1. The van der Waals surface area contributed by atoms with Gasteiger partial charge < -0.3 is 19.1 Å². The Morgan fingerprint density at radius 2 is 1.79 bits per heavy atom. The molecule has 1 amide bonds. The molecule has 1 aliphatic heterocycles. The number of piperidine rings is 1. The molecule has 0 saturated carbocycles. The molecular weight excluding hydrogens is 422 g/mol. The summed E-state index contributed by atoms with van der Waals surface area (Å²) < 4.78 is 16.6. The van der Waals surface area contributed by atoms with E-state index < -0.39 is 11.0 Å². The van der Waals surface area contributed by atoms with Gasteiger partial charge in [-0.05, 0) is 71.2 Å². The van der Waals surface area contributed by atoms with Crippen LogP contribution in [-0.4, -0.2) is 58.8 Å². The molecule has 0 bridgehead atoms. The first-order valence-electron chi connectivity index (χ1n) is 11.4. The maximum absolute atomic E-state index is 13.1. The van der Waals surface area contributed by atoms with Gasteiger partial charge in [-0.3, -0.25) is 9.78 Å². The van der Waals surface area contributed by atoms with Gasteiger partial charge in [-0.25, -0.2) is 9.78 Å². The minimum Gasteiger partial charge on any atom is -0.477 e. The Hall–Kier alpha value is -3.16. The van der Waals surface area contributed by atoms with Crippen LogP contribution in [0.4, 0.5) is 4.79 Å². The summed E-state index contributed by atoms with van der Waals surface area (Å²) in [6.45, 7) is 10.8. The predicted molar refractivity (Wildman–Crippen MR) is 124 cm³/mol. The third kappa shape index (κ3) is 5.61. The van der Waals surface area contributed by atoms with Gasteiger partial charge in [-0.2, -0.15) is 0 Å². The Balaban J connectivity index is 1.86. The Kier molecular flexibility index (Phi) is 7.56. The molecule has 2 aromatic rings. The SMILES string of the molecule is CCOC(=O)C1(c2ccc(-c3cccnc3OCC)nc2)CCN(C(=O)OC(C)(C)C)CC1. The van der Waals surface area contributed by atoms with Crippen molar-refractivity contribution >= 4 is 12.1 Å². The molecule has 0 unspecified atom stereocenters. The summed E-state index contributed by atoms with van der Waals surface area (Å²) in [5.41, 5.74) is 0.836. The van der Waals surface area contributed by atoms with E-state index in [1.807, 2.05) is 52.0 Å². The van der Waals surface area contributed by atoms with E-state index in [2.05, 4.69) is 9.97 Å². The van der Waals surface area contributed by atoms with Gasteiger partial charge in [0.1, 0.15) is 5.60 Å². The molecule has 33 heavy (non-hydrogen) atoms. The van der Waals surface area contributed by atoms with Crippen LogP contribution >= 0.6 is 0 Å². The fourth-order valence-corrected chi connectivity index (χ4v) is 3.95. The van der Waals surface area contributed by atoms with Gasteiger partial charge in [0.2, 0.25) is 5.88 Å². The first kappa shape index (κ1) is 24.5. The molecule has 0 N–H and O–H groups in total. The highest BCUT2D eigenvalue weighted by atomic mass is 16.6. The van der Waals surface area contributed by atoms with Crippen molar-refractivity contribution in [2.45, 2.75) is 58.5 Å². The molecule has 0 aliphatic carbocycles. The lowest BCUT2D eigenvalue weighted by molar-refractivity contribution is -0.152. The average molecular weight is 456 g/mol. The van der Waals surface area contributed by atoms with Crippen molar-refractivity contribution in [1.82, 2.24) is 14.9 Å². The highest BCUT2D eigenvalue weighted by molar-refractivity contribution is 5.84. The Morgan fingerprint density at radius 3 is 2.36 bits per heavy atom. The molecule has 0 spiro atoms. The number of hydrogen-bond acceptors (Lipinski definition) is 7. The number of pyridine rings is 2. The summed E-state index contributed by atoms with van der Waals surface area (Å²) in [5.74, 6) is 0.228. The summed E-state index contributed by atoms with van der Waals surface area (Å²) in [7, 11) is 0. The number of likely N-dealkylation sites (tertiary alicyclic amines) is 1. The summed E-state index contributed by atoms with van der Waals surface area (Å²) >= 11 is 0. The summed E-state index contributed by atoms with van der Waals surface area (Å²) in [4.78, 5) is 36.2. The molecule has 2 aromatic heterocycles. The van der Waals surface area contributed by atoms with Crippen molar-refractivity contribution in [3.63, 3.8) is 0 Å². The van der Waals surface area contributed by atoms with Crippen molar-refractivity contribution in [3.05, 3.63) is 42.2 Å². The normalized spacial score (nSPS) is 15.6. The molecule has 178 valence electrons. The highest BCUT2D eigenvalue weighted by Crippen LogP contribution is 2.38. The van der Waals surface area contributed by atoms with Gasteiger partial charge in [0.25, 0.3) is 0 Å². The van der Waals surface area contributed by atoms with Crippen LogP contribution in [0.1, 0.15) is 53.0 Å². The number of carbonyl (C=O) groups is 2. The minimum atomic E-state index is -0.863. The first-order valence-corrected chi connectivity index (χ1v) is 11.4. The fraction of sp³-hybridized carbons (Fsp3) is 0.520. The van der Waals surface area contributed by atoms with E-state index >= 15 is 0 Å².